The number of hydrogen-bond donors (Lipinski definition) is 1. The van der Waals surface area contributed by atoms with Crippen LogP contribution in [0.3, 0.4) is 0 Å². The molecule has 0 fully saturated rings. The second-order valence-corrected chi connectivity index (χ2v) is 6.78. The number of halogens is 1. The minimum Gasteiger partial charge on any atom is -0.463 e. The number of dihydropyridines is 1. The Morgan fingerprint density at radius 2 is 1.54 bits per heavy atom. The van der Waals surface area contributed by atoms with Gasteiger partial charge >= 0.3 is 11.9 Å². The van der Waals surface area contributed by atoms with E-state index in [2.05, 4.69) is 5.32 Å². The van der Waals surface area contributed by atoms with Crippen LogP contribution < -0.4 is 5.32 Å². The summed E-state index contributed by atoms with van der Waals surface area (Å²) < 4.78 is 24.1. The largest absolute Gasteiger partial charge is 0.463 e. The van der Waals surface area contributed by atoms with Gasteiger partial charge in [-0.3, -0.25) is 0 Å². The predicted molar refractivity (Wildman–Crippen MR) is 105 cm³/mol. The molecule has 0 bridgehead atoms. The maximum Gasteiger partial charge on any atom is 0.336 e. The van der Waals surface area contributed by atoms with Crippen LogP contribution in [0.2, 0.25) is 0 Å². The maximum absolute atomic E-state index is 13.5. The Bertz CT molecular complexity index is 793. The normalized spacial score (nSPS) is 16.9. The van der Waals surface area contributed by atoms with E-state index >= 15 is 0 Å². The Kier molecular flexibility index (Phi) is 7.38. The van der Waals surface area contributed by atoms with Crippen molar-refractivity contribution in [2.45, 2.75) is 47.0 Å². The van der Waals surface area contributed by atoms with Gasteiger partial charge in [0.25, 0.3) is 0 Å². The van der Waals surface area contributed by atoms with E-state index in [1.165, 1.54) is 12.1 Å². The summed E-state index contributed by atoms with van der Waals surface area (Å²) in [6, 6.07) is 5.83. The molecule has 1 aromatic carbocycles. The molecule has 28 heavy (non-hydrogen) atoms. The van der Waals surface area contributed by atoms with Crippen LogP contribution in [0.15, 0.2) is 46.8 Å². The van der Waals surface area contributed by atoms with Gasteiger partial charge in [-0.2, -0.15) is 0 Å². The van der Waals surface area contributed by atoms with Crippen molar-refractivity contribution in [2.24, 2.45) is 5.92 Å². The highest BCUT2D eigenvalue weighted by Gasteiger charge is 2.40. The number of ether oxygens (including phenoxy) is 2. The van der Waals surface area contributed by atoms with E-state index in [1.54, 1.807) is 26.0 Å². The zero-order chi connectivity index (χ0) is 20.8. The van der Waals surface area contributed by atoms with Crippen molar-refractivity contribution < 1.29 is 23.5 Å². The van der Waals surface area contributed by atoms with Crippen LogP contribution in [0.1, 0.15) is 52.5 Å². The quantitative estimate of drug-likeness (QED) is 0.708. The Labute approximate surface area is 165 Å². The van der Waals surface area contributed by atoms with E-state index in [9.17, 15) is 14.0 Å². The summed E-state index contributed by atoms with van der Waals surface area (Å²) in [6.45, 7) is 9.74. The van der Waals surface area contributed by atoms with E-state index < -0.39 is 17.9 Å². The molecule has 0 radical (unpaired) electrons. The van der Waals surface area contributed by atoms with E-state index in [-0.39, 0.29) is 24.9 Å². The van der Waals surface area contributed by atoms with Gasteiger partial charge in [0.05, 0.1) is 30.3 Å². The molecular weight excluding hydrogens is 361 g/mol. The second kappa shape index (κ2) is 9.53. The monoisotopic (exact) mass is 389 g/mol. The lowest BCUT2D eigenvalue weighted by atomic mass is 9.78. The zero-order valence-corrected chi connectivity index (χ0v) is 17.1. The number of carbonyl (C=O) groups excluding carboxylic acids is 2. The lowest BCUT2D eigenvalue weighted by Gasteiger charge is -2.33. The average Bonchev–Trinajstić information content (AvgIpc) is 2.67. The molecule has 1 aliphatic rings. The van der Waals surface area contributed by atoms with Gasteiger partial charge in [0.1, 0.15) is 5.82 Å². The first-order valence-electron chi connectivity index (χ1n) is 9.69. The van der Waals surface area contributed by atoms with Gasteiger partial charge in [-0.15, -0.1) is 0 Å². The Hall–Kier alpha value is -2.63. The number of benzene rings is 1. The van der Waals surface area contributed by atoms with Gasteiger partial charge in [-0.05, 0) is 43.9 Å². The highest BCUT2D eigenvalue weighted by Crippen LogP contribution is 2.41. The van der Waals surface area contributed by atoms with Crippen molar-refractivity contribution in [1.29, 1.82) is 0 Å². The highest BCUT2D eigenvalue weighted by atomic mass is 19.1. The van der Waals surface area contributed by atoms with E-state index in [0.29, 0.717) is 34.5 Å². The third-order valence-electron chi connectivity index (χ3n) is 4.60. The highest BCUT2D eigenvalue weighted by molar-refractivity contribution is 6.00. The fraction of sp³-hybridized carbons (Fsp3) is 0.455. The molecule has 0 spiro atoms. The molecule has 0 amide bonds. The topological polar surface area (TPSA) is 64.6 Å². The summed E-state index contributed by atoms with van der Waals surface area (Å²) in [6.07, 6.45) is 0.554. The fourth-order valence-electron chi connectivity index (χ4n) is 3.38. The molecule has 1 aliphatic heterocycles. The number of allylic oxidation sites excluding steroid dienone is 2. The Morgan fingerprint density at radius 3 is 2.00 bits per heavy atom. The van der Waals surface area contributed by atoms with Crippen LogP contribution in [0, 0.1) is 11.7 Å². The van der Waals surface area contributed by atoms with Crippen LogP contribution in [-0.4, -0.2) is 25.2 Å². The van der Waals surface area contributed by atoms with Gasteiger partial charge in [-0.1, -0.05) is 32.9 Å². The third kappa shape index (κ3) is 4.43. The molecule has 6 heteroatoms. The number of hydrogen-bond acceptors (Lipinski definition) is 5. The lowest BCUT2D eigenvalue weighted by Crippen LogP contribution is -2.35. The first kappa shape index (κ1) is 21.7. The minimum absolute atomic E-state index is 0.00681. The average molecular weight is 389 g/mol. The zero-order valence-electron chi connectivity index (χ0n) is 17.1. The van der Waals surface area contributed by atoms with Crippen molar-refractivity contribution >= 4 is 11.9 Å². The van der Waals surface area contributed by atoms with Crippen molar-refractivity contribution in [2.75, 3.05) is 13.2 Å². The molecule has 0 saturated heterocycles. The second-order valence-electron chi connectivity index (χ2n) is 6.78. The van der Waals surface area contributed by atoms with Crippen LogP contribution in [-0.2, 0) is 19.1 Å². The van der Waals surface area contributed by atoms with Crippen LogP contribution >= 0.6 is 0 Å². The predicted octanol–water partition coefficient (Wildman–Crippen LogP) is 4.21. The first-order valence-corrected chi connectivity index (χ1v) is 9.69. The summed E-state index contributed by atoms with van der Waals surface area (Å²) in [5.41, 5.74) is 2.77. The number of nitrogens with one attached hydrogen (secondary N) is 1. The first-order chi connectivity index (χ1) is 13.3. The van der Waals surface area contributed by atoms with Gasteiger partial charge in [0.2, 0.25) is 0 Å². The van der Waals surface area contributed by atoms with Gasteiger partial charge < -0.3 is 14.8 Å². The third-order valence-corrected chi connectivity index (χ3v) is 4.60. The van der Waals surface area contributed by atoms with Gasteiger partial charge in [0, 0.05) is 11.4 Å². The van der Waals surface area contributed by atoms with Crippen LogP contribution in [0.25, 0.3) is 0 Å². The SMILES string of the molecule is CCOC(=O)C1=C(CC)NC(C(C)C)=C(C(=O)OCC)C1c1ccc(F)cc1. The number of carbonyl (C=O) groups is 2. The molecule has 1 unspecified atom stereocenters. The molecule has 1 heterocycles. The molecule has 0 aromatic heterocycles. The molecule has 152 valence electrons. The van der Waals surface area contributed by atoms with E-state index in [1.807, 2.05) is 20.8 Å². The molecule has 2 rings (SSSR count). The minimum atomic E-state index is -0.688. The maximum atomic E-state index is 13.5. The van der Waals surface area contributed by atoms with Gasteiger partial charge in [-0.25, -0.2) is 14.0 Å². The summed E-state index contributed by atoms with van der Waals surface area (Å²) in [7, 11) is 0. The number of esters is 2. The molecule has 1 aromatic rings. The molecule has 1 atom stereocenters. The fourth-order valence-corrected chi connectivity index (χ4v) is 3.38. The molecular formula is C22H28FNO4. The van der Waals surface area contributed by atoms with Crippen molar-refractivity contribution in [3.05, 3.63) is 58.2 Å². The molecule has 5 nitrogen and oxygen atoms in total. The molecule has 0 saturated carbocycles. The van der Waals surface area contributed by atoms with Crippen LogP contribution in [0.4, 0.5) is 4.39 Å². The van der Waals surface area contributed by atoms with Gasteiger partial charge in [0.15, 0.2) is 0 Å². The number of rotatable bonds is 7. The summed E-state index contributed by atoms with van der Waals surface area (Å²) in [5.74, 6) is -2.07. The smallest absolute Gasteiger partial charge is 0.336 e. The molecule has 0 aliphatic carbocycles. The standard InChI is InChI=1S/C22H28FNO4/c1-6-16-18(21(25)27-7-2)17(14-9-11-15(23)12-10-14)19(22(26)28-8-3)20(24-16)13(4)5/h9-13,17,24H,6-8H2,1-5H3. The van der Waals surface area contributed by atoms with E-state index in [0.717, 1.165) is 0 Å². The van der Waals surface area contributed by atoms with Crippen molar-refractivity contribution in [3.63, 3.8) is 0 Å². The Balaban J connectivity index is 2.76. The summed E-state index contributed by atoms with van der Waals surface area (Å²) >= 11 is 0. The molecule has 1 N–H and O–H groups in total. The van der Waals surface area contributed by atoms with Crippen molar-refractivity contribution in [3.8, 4) is 0 Å². The Morgan fingerprint density at radius 1 is 1.00 bits per heavy atom. The summed E-state index contributed by atoms with van der Waals surface area (Å²) in [4.78, 5) is 25.8. The van der Waals surface area contributed by atoms with Crippen molar-refractivity contribution in [1.82, 2.24) is 5.32 Å². The van der Waals surface area contributed by atoms with E-state index in [4.69, 9.17) is 9.47 Å². The van der Waals surface area contributed by atoms with Crippen LogP contribution in [0.5, 0.6) is 0 Å². The lowest BCUT2D eigenvalue weighted by molar-refractivity contribution is -0.139. The summed E-state index contributed by atoms with van der Waals surface area (Å²) in [5, 5.41) is 3.28.